The quantitative estimate of drug-likeness (QED) is 0.508. The van der Waals surface area contributed by atoms with Crippen molar-refractivity contribution in [3.63, 3.8) is 0 Å². The van der Waals surface area contributed by atoms with Crippen LogP contribution < -0.4 is 21.1 Å². The predicted octanol–water partition coefficient (Wildman–Crippen LogP) is 3.28. The molecule has 1 aliphatic heterocycles. The van der Waals surface area contributed by atoms with E-state index in [4.69, 9.17) is 15.2 Å². The summed E-state index contributed by atoms with van der Waals surface area (Å²) in [6.45, 7) is 5.05. The summed E-state index contributed by atoms with van der Waals surface area (Å²) < 4.78 is 23.6. The molecule has 1 aromatic heterocycles. The van der Waals surface area contributed by atoms with Gasteiger partial charge in [-0.1, -0.05) is 13.0 Å². The Labute approximate surface area is 199 Å². The summed E-state index contributed by atoms with van der Waals surface area (Å²) in [6, 6.07) is 9.47. The summed E-state index contributed by atoms with van der Waals surface area (Å²) in [6.07, 6.45) is 5.09. The second kappa shape index (κ2) is 12.4. The zero-order chi connectivity index (χ0) is 24.5. The molecular weight excluding hydrogens is 439 g/mol. The highest BCUT2D eigenvalue weighted by atomic mass is 19.1. The van der Waals surface area contributed by atoms with Crippen LogP contribution in [-0.2, 0) is 9.53 Å². The van der Waals surface area contributed by atoms with Crippen LogP contribution in [0.1, 0.15) is 50.0 Å². The number of nitrogens with zero attached hydrogens (tertiary/aromatic N) is 1. The Kier molecular flexibility index (Phi) is 9.35. The molecule has 2 heterocycles. The third-order valence-electron chi connectivity index (χ3n) is 5.61. The fraction of sp³-hybridized carbons (Fsp3) is 0.480. The molecule has 0 radical (unpaired) electrons. The van der Waals surface area contributed by atoms with Gasteiger partial charge < -0.3 is 25.8 Å². The first kappa shape index (κ1) is 25.6. The number of carbonyl (C=O) groups is 2. The number of amides is 2. The van der Waals surface area contributed by atoms with Gasteiger partial charge in [0.15, 0.2) is 0 Å². The van der Waals surface area contributed by atoms with E-state index in [1.807, 2.05) is 6.92 Å². The smallest absolute Gasteiger partial charge is 0.269 e. The number of hydrogen-bond donors (Lipinski definition) is 3. The van der Waals surface area contributed by atoms with Gasteiger partial charge in [-0.25, -0.2) is 4.39 Å². The summed E-state index contributed by atoms with van der Waals surface area (Å²) in [4.78, 5) is 28.2. The predicted molar refractivity (Wildman–Crippen MR) is 127 cm³/mol. The Morgan fingerprint density at radius 3 is 2.68 bits per heavy atom. The van der Waals surface area contributed by atoms with Gasteiger partial charge in [0.2, 0.25) is 0 Å². The summed E-state index contributed by atoms with van der Waals surface area (Å²) >= 11 is 0. The minimum absolute atomic E-state index is 0.0760. The van der Waals surface area contributed by atoms with E-state index in [0.717, 1.165) is 12.8 Å². The lowest BCUT2D eigenvalue weighted by atomic mass is 10.0. The molecule has 1 saturated carbocycles. The number of ether oxygens (including phenoxy) is 2. The second-order valence-corrected chi connectivity index (χ2v) is 8.63. The third kappa shape index (κ3) is 8.07. The average molecular weight is 473 g/mol. The molecule has 1 aliphatic carbocycles. The zero-order valence-electron chi connectivity index (χ0n) is 19.6. The van der Waals surface area contributed by atoms with Crippen LogP contribution in [0.2, 0.25) is 0 Å². The largest absolute Gasteiger partial charge is 0.490 e. The first-order valence-corrected chi connectivity index (χ1v) is 11.7. The van der Waals surface area contributed by atoms with Crippen molar-refractivity contribution in [2.24, 2.45) is 11.7 Å². The summed E-state index contributed by atoms with van der Waals surface area (Å²) in [5, 5.41) is 5.51. The van der Waals surface area contributed by atoms with Crippen molar-refractivity contribution in [1.29, 1.82) is 0 Å². The molecule has 4 rings (SSSR count). The molecular formula is C25H33FN4O4. The molecule has 1 saturated heterocycles. The van der Waals surface area contributed by atoms with Crippen molar-refractivity contribution < 1.29 is 23.5 Å². The standard InChI is InChI=1S/C16H24N4O3.C9H9FO/c1-10-8-14(23-11(10)2)16(22)20-12-4-7-18-13(9-12)15(21)19-6-3-5-17;10-7-2-1-3-9(6-7)11-8-4-5-8/h4,7,9-11,14H,3,5-6,8,17H2,1-2H3,(H,19,21)(H,18,20,22);1-3,6,8H,4-5H2. The Bertz CT molecular complexity index is 959. The third-order valence-corrected chi connectivity index (χ3v) is 5.61. The molecule has 1 aromatic carbocycles. The highest BCUT2D eigenvalue weighted by Crippen LogP contribution is 2.27. The minimum Gasteiger partial charge on any atom is -0.490 e. The van der Waals surface area contributed by atoms with E-state index >= 15 is 0 Å². The van der Waals surface area contributed by atoms with Crippen molar-refractivity contribution in [2.75, 3.05) is 18.4 Å². The number of aromatic nitrogens is 1. The maximum absolute atomic E-state index is 12.6. The molecule has 9 heteroatoms. The van der Waals surface area contributed by atoms with Crippen molar-refractivity contribution in [3.05, 3.63) is 54.1 Å². The highest BCUT2D eigenvalue weighted by Gasteiger charge is 2.33. The number of pyridine rings is 1. The van der Waals surface area contributed by atoms with Crippen molar-refractivity contribution in [3.8, 4) is 5.75 Å². The maximum Gasteiger partial charge on any atom is 0.269 e. The van der Waals surface area contributed by atoms with Crippen LogP contribution in [0, 0.1) is 11.7 Å². The van der Waals surface area contributed by atoms with Crippen LogP contribution >= 0.6 is 0 Å². The van der Waals surface area contributed by atoms with Crippen LogP contribution in [0.3, 0.4) is 0 Å². The van der Waals surface area contributed by atoms with Crippen LogP contribution in [0.15, 0.2) is 42.6 Å². The number of halogens is 1. The fourth-order valence-electron chi connectivity index (χ4n) is 3.32. The SMILES string of the molecule is CC1CC(C(=O)Nc2ccnc(C(=O)NCCCN)c2)OC1C.Fc1cccc(OC2CC2)c1. The lowest BCUT2D eigenvalue weighted by Gasteiger charge is -2.12. The maximum atomic E-state index is 12.6. The van der Waals surface area contributed by atoms with Crippen LogP contribution in [0.5, 0.6) is 5.75 Å². The van der Waals surface area contributed by atoms with Gasteiger partial charge in [0.05, 0.1) is 12.2 Å². The number of anilines is 1. The van der Waals surface area contributed by atoms with E-state index < -0.39 is 6.10 Å². The second-order valence-electron chi connectivity index (χ2n) is 8.63. The Morgan fingerprint density at radius 1 is 1.24 bits per heavy atom. The number of nitrogens with one attached hydrogen (secondary N) is 2. The van der Waals surface area contributed by atoms with Gasteiger partial charge in [-0.05, 0) is 69.3 Å². The van der Waals surface area contributed by atoms with Gasteiger partial charge in [-0.2, -0.15) is 0 Å². The lowest BCUT2D eigenvalue weighted by molar-refractivity contribution is -0.126. The number of nitrogens with two attached hydrogens (primary N) is 1. The van der Waals surface area contributed by atoms with Gasteiger partial charge in [0.1, 0.15) is 23.4 Å². The number of carbonyl (C=O) groups excluding carboxylic acids is 2. The molecule has 2 fully saturated rings. The molecule has 2 amide bonds. The number of rotatable bonds is 8. The van der Waals surface area contributed by atoms with Gasteiger partial charge in [-0.3, -0.25) is 14.6 Å². The molecule has 8 nitrogen and oxygen atoms in total. The molecule has 4 N–H and O–H groups in total. The van der Waals surface area contributed by atoms with Crippen LogP contribution in [-0.4, -0.2) is 48.2 Å². The van der Waals surface area contributed by atoms with E-state index in [1.54, 1.807) is 24.3 Å². The zero-order valence-corrected chi connectivity index (χ0v) is 19.6. The highest BCUT2D eigenvalue weighted by molar-refractivity contribution is 5.97. The fourth-order valence-corrected chi connectivity index (χ4v) is 3.32. The van der Waals surface area contributed by atoms with Crippen LogP contribution in [0.4, 0.5) is 10.1 Å². The van der Waals surface area contributed by atoms with Crippen molar-refractivity contribution in [2.45, 2.75) is 57.8 Å². The van der Waals surface area contributed by atoms with Gasteiger partial charge >= 0.3 is 0 Å². The monoisotopic (exact) mass is 472 g/mol. The molecule has 34 heavy (non-hydrogen) atoms. The van der Waals surface area contributed by atoms with Crippen LogP contribution in [0.25, 0.3) is 0 Å². The molecule has 2 aromatic rings. The van der Waals surface area contributed by atoms with Gasteiger partial charge in [0.25, 0.3) is 11.8 Å². The number of benzene rings is 1. The first-order chi connectivity index (χ1) is 16.4. The molecule has 2 aliphatic rings. The topological polar surface area (TPSA) is 116 Å². The lowest BCUT2D eigenvalue weighted by Crippen LogP contribution is -2.29. The minimum atomic E-state index is -0.449. The van der Waals surface area contributed by atoms with E-state index in [2.05, 4.69) is 22.5 Å². The molecule has 0 spiro atoms. The Hall–Kier alpha value is -3.04. The summed E-state index contributed by atoms with van der Waals surface area (Å²) in [5.74, 6) is 0.290. The molecule has 3 atom stereocenters. The Morgan fingerprint density at radius 2 is 2.03 bits per heavy atom. The molecule has 184 valence electrons. The van der Waals surface area contributed by atoms with Gasteiger partial charge in [0, 0.05) is 24.5 Å². The van der Waals surface area contributed by atoms with E-state index in [-0.39, 0.29) is 29.4 Å². The van der Waals surface area contributed by atoms with Gasteiger partial charge in [-0.15, -0.1) is 0 Å². The summed E-state index contributed by atoms with van der Waals surface area (Å²) in [5.41, 5.74) is 6.18. The first-order valence-electron chi connectivity index (χ1n) is 11.7. The Balaban J connectivity index is 0.000000243. The van der Waals surface area contributed by atoms with E-state index in [9.17, 15) is 14.0 Å². The van der Waals surface area contributed by atoms with E-state index in [0.29, 0.717) is 49.4 Å². The molecule has 3 unspecified atom stereocenters. The number of hydrogen-bond acceptors (Lipinski definition) is 6. The van der Waals surface area contributed by atoms with Crippen molar-refractivity contribution >= 4 is 17.5 Å². The van der Waals surface area contributed by atoms with Crippen molar-refractivity contribution in [1.82, 2.24) is 10.3 Å². The molecule has 0 bridgehead atoms. The van der Waals surface area contributed by atoms with E-state index in [1.165, 1.54) is 18.3 Å². The normalized spacial score (nSPS) is 21.2. The summed E-state index contributed by atoms with van der Waals surface area (Å²) in [7, 11) is 0. The average Bonchev–Trinajstić information content (AvgIpc) is 3.56.